The summed E-state index contributed by atoms with van der Waals surface area (Å²) >= 11 is 0. The number of rotatable bonds is 49. The summed E-state index contributed by atoms with van der Waals surface area (Å²) in [7, 11) is -35.7. The molecule has 1 aliphatic carbocycles. The summed E-state index contributed by atoms with van der Waals surface area (Å²) in [6, 6.07) is 8.05. The summed E-state index contributed by atoms with van der Waals surface area (Å²) < 4.78 is 123. The van der Waals surface area contributed by atoms with Crippen molar-refractivity contribution in [3.8, 4) is 0 Å². The number of phosphoric ester groups is 6. The lowest BCUT2D eigenvalue weighted by molar-refractivity contribution is -0.348. The van der Waals surface area contributed by atoms with Crippen LogP contribution in [0.2, 0.25) is 0 Å². The van der Waals surface area contributed by atoms with E-state index in [2.05, 4.69) is 93.0 Å². The number of nitrogens with two attached hydrogens (primary N) is 2. The number of imidazole rings is 2. The van der Waals surface area contributed by atoms with E-state index in [0.717, 1.165) is 64.8 Å². The van der Waals surface area contributed by atoms with Crippen LogP contribution in [-0.2, 0) is 114 Å². The number of nitrogens with zero attached hydrogens (tertiary/aromatic N) is 8. The molecule has 0 bridgehead atoms. The van der Waals surface area contributed by atoms with Gasteiger partial charge in [0.05, 0.1) is 54.7 Å². The van der Waals surface area contributed by atoms with E-state index in [1.165, 1.54) is 27.7 Å². The van der Waals surface area contributed by atoms with Gasteiger partial charge in [-0.25, -0.2) is 38.5 Å². The van der Waals surface area contributed by atoms with Crippen LogP contribution >= 0.6 is 46.9 Å². The number of aromatic nitrogens is 8. The third kappa shape index (κ3) is 27.8. The quantitative estimate of drug-likeness (QED) is 0.0132. The summed E-state index contributed by atoms with van der Waals surface area (Å²) in [5.74, 6) is -3.57. The van der Waals surface area contributed by atoms with E-state index in [1.807, 2.05) is 18.2 Å². The normalized spacial score (nSPS) is 22.4. The number of fused-ring (bicyclic) bond motifs is 2. The van der Waals surface area contributed by atoms with Crippen molar-refractivity contribution in [1.29, 1.82) is 0 Å². The maximum absolute atomic E-state index is 13.3. The molecule has 0 radical (unpaired) electrons. The molecule has 2 saturated heterocycles. The molecular formula is C63H90N14O34P6-8. The van der Waals surface area contributed by atoms with Crippen molar-refractivity contribution < 1.29 is 161 Å². The van der Waals surface area contributed by atoms with Crippen LogP contribution in [0.5, 0.6) is 0 Å². The van der Waals surface area contributed by atoms with Crippen LogP contribution in [0.3, 0.4) is 0 Å². The molecule has 54 heteroatoms. The Balaban J connectivity index is 0.647. The maximum Gasteiger partial charge on any atom is 0.274 e. The van der Waals surface area contributed by atoms with Crippen LogP contribution in [0.15, 0.2) is 49.6 Å². The number of carbonyl (C=O) groups is 6. The van der Waals surface area contributed by atoms with Crippen molar-refractivity contribution in [2.75, 3.05) is 64.1 Å². The highest BCUT2D eigenvalue weighted by Gasteiger charge is 2.51. The van der Waals surface area contributed by atoms with E-state index >= 15 is 0 Å². The number of ketones is 2. The monoisotopic (exact) mass is 1770 g/mol. The van der Waals surface area contributed by atoms with Gasteiger partial charge in [0.15, 0.2) is 35.4 Å². The summed E-state index contributed by atoms with van der Waals surface area (Å²) in [5.41, 5.74) is 8.85. The fraction of sp³-hybridized carbons (Fsp3) is 0.651. The minimum absolute atomic E-state index is 0.00255. The van der Waals surface area contributed by atoms with Crippen molar-refractivity contribution in [3.63, 3.8) is 0 Å². The second-order valence-corrected chi connectivity index (χ2v) is 38.0. The van der Waals surface area contributed by atoms with Crippen LogP contribution in [0.25, 0.3) is 22.3 Å². The first kappa shape index (κ1) is 96.1. The molecule has 117 heavy (non-hydrogen) atoms. The van der Waals surface area contributed by atoms with Gasteiger partial charge < -0.3 is 138 Å². The van der Waals surface area contributed by atoms with Crippen LogP contribution in [0.4, 0.5) is 11.6 Å². The number of unbranched alkanes of at least 4 members (excludes halogenated alkanes) is 1. The topological polar surface area (TPSA) is 750 Å². The second kappa shape index (κ2) is 39.7. The van der Waals surface area contributed by atoms with E-state index in [4.69, 9.17) is 20.9 Å². The van der Waals surface area contributed by atoms with Crippen molar-refractivity contribution in [3.05, 3.63) is 60.7 Å². The number of Topliss-reactive ketones (excluding diaryl/α,β-unsaturated/α-hetero) is 2. The zero-order chi connectivity index (χ0) is 86.7. The molecule has 12 N–H and O–H groups in total. The van der Waals surface area contributed by atoms with E-state index in [-0.39, 0.29) is 97.4 Å². The average Bonchev–Trinajstić information content (AvgIpc) is 1.62. The number of hydrogen-bond acceptors (Lipinski definition) is 42. The Morgan fingerprint density at radius 3 is 1.38 bits per heavy atom. The Morgan fingerprint density at radius 2 is 0.966 bits per heavy atom. The number of anilines is 2. The molecule has 14 atom stereocenters. The van der Waals surface area contributed by atoms with Gasteiger partial charge in [-0.15, -0.1) is 0 Å². The van der Waals surface area contributed by atoms with Gasteiger partial charge in [0.25, 0.3) is 31.3 Å². The molecular weight excluding hydrogens is 1680 g/mol. The van der Waals surface area contributed by atoms with Crippen molar-refractivity contribution in [1.82, 2.24) is 60.3 Å². The third-order valence-corrected chi connectivity index (χ3v) is 25.3. The largest absolute Gasteiger partial charge is 0.790 e. The van der Waals surface area contributed by atoms with Gasteiger partial charge in [0.1, 0.15) is 84.1 Å². The predicted octanol–water partition coefficient (Wildman–Crippen LogP) is -3.77. The number of aliphatic hydroxyl groups excluding tert-OH is 4. The number of hydrogen-bond donors (Lipinski definition) is 10. The maximum atomic E-state index is 13.3. The number of phosphoric acid groups is 6. The molecule has 14 unspecified atom stereocenters. The highest BCUT2D eigenvalue weighted by atomic mass is 31.3. The van der Waals surface area contributed by atoms with Gasteiger partial charge in [-0.2, -0.15) is 0 Å². The number of aryl methyl sites for hydroxylation is 2. The van der Waals surface area contributed by atoms with Crippen LogP contribution in [-0.4, -0.2) is 196 Å². The molecule has 8 rings (SSSR count). The molecule has 4 aromatic heterocycles. The Labute approximate surface area is 667 Å². The summed E-state index contributed by atoms with van der Waals surface area (Å²) in [6.45, 7) is 2.92. The van der Waals surface area contributed by atoms with Crippen LogP contribution < -0.4 is 71.9 Å². The summed E-state index contributed by atoms with van der Waals surface area (Å²) in [6.07, 6.45) is -9.66. The Hall–Kier alpha value is -6.36. The fourth-order valence-electron chi connectivity index (χ4n) is 12.5. The molecule has 48 nitrogen and oxygen atoms in total. The standard InChI is InChI=1S/C63H98N14O34P6/c1-60(2,40(78)15-23-66-42(80)17-25-68-56(86)50(84)61(3,4)30-104-116(98,99)110-114(94,95)102-28-38-48(108-112(88,89)90)46(82)58(106-38)76-34-74-44-52(64)70-32-72-54(44)76)19-10-14-37-13-9-12-36(27-37)11-7-8-20-63(21-22-63)41(79)16-24-67-43(81)18-26-69-57(87)51(85)62(5,6)31-105-117(100,101)111-115(96,97)103-29-39-49(109-113(91,92)93)47(83)59(107-39)77-35-75-45-53(65)71-33-73-55(45)77/h9,12-13,27,32-35,38-39,46-51,58-59,82-85H,7-8,10-11,14-26,28-31H2,1-6H3,(H,66,80)(H,67,81)(H,68,86)(H,69,87)(H,94,95)(H,96,97)(H,98,99)(H,100,101)(H2,64,70,72)(H2,65,71,73)(H2,88,89,90)(H2,91,92,93)/p-8. The first-order chi connectivity index (χ1) is 54.3. The first-order valence-electron chi connectivity index (χ1n) is 36.1. The first-order valence-corrected chi connectivity index (χ1v) is 44.9. The molecule has 1 saturated carbocycles. The molecule has 6 heterocycles. The van der Waals surface area contributed by atoms with Crippen LogP contribution in [0.1, 0.15) is 136 Å². The van der Waals surface area contributed by atoms with Crippen molar-refractivity contribution in [2.45, 2.75) is 186 Å². The van der Waals surface area contributed by atoms with E-state index < -0.39 is 180 Å². The molecule has 3 fully saturated rings. The smallest absolute Gasteiger partial charge is 0.274 e. The minimum Gasteiger partial charge on any atom is -0.790 e. The van der Waals surface area contributed by atoms with E-state index in [1.54, 1.807) is 13.8 Å². The highest BCUT2D eigenvalue weighted by molar-refractivity contribution is 7.60. The highest BCUT2D eigenvalue weighted by Crippen LogP contribution is 2.58. The Kier molecular flexibility index (Phi) is 32.6. The van der Waals surface area contributed by atoms with Gasteiger partial charge >= 0.3 is 0 Å². The van der Waals surface area contributed by atoms with Gasteiger partial charge in [-0.05, 0) is 62.5 Å². The average molecular weight is 1770 g/mol. The van der Waals surface area contributed by atoms with Gasteiger partial charge in [0.2, 0.25) is 23.6 Å². The zero-order valence-corrected chi connectivity index (χ0v) is 69.1. The minimum atomic E-state index is -6.00. The number of aliphatic hydroxyl groups is 4. The number of nitrogens with one attached hydrogen (secondary N) is 4. The van der Waals surface area contributed by atoms with Gasteiger partial charge in [0, 0.05) is 73.5 Å². The predicted molar refractivity (Wildman–Crippen MR) is 383 cm³/mol. The number of ether oxygens (including phenoxy) is 2. The molecule has 0 spiro atoms. The van der Waals surface area contributed by atoms with Crippen molar-refractivity contribution in [2.24, 2.45) is 21.7 Å². The lowest BCUT2D eigenvalue weighted by Crippen LogP contribution is -2.46. The second-order valence-electron chi connectivity index (χ2n) is 29.9. The molecule has 1 aromatic carbocycles. The van der Waals surface area contributed by atoms with E-state index in [0.29, 0.717) is 38.5 Å². The van der Waals surface area contributed by atoms with Gasteiger partial charge in [-0.3, -0.25) is 56.2 Å². The van der Waals surface area contributed by atoms with Gasteiger partial charge in [-0.1, -0.05) is 72.2 Å². The molecule has 4 amide bonds. The van der Waals surface area contributed by atoms with Crippen molar-refractivity contribution >= 4 is 116 Å². The molecule has 2 aliphatic heterocycles. The number of amides is 4. The molecule has 3 aliphatic rings. The van der Waals surface area contributed by atoms with Crippen LogP contribution in [0, 0.1) is 21.7 Å². The number of benzene rings is 1. The fourth-order valence-corrected chi connectivity index (χ4v) is 18.0. The molecule has 5 aromatic rings. The SMILES string of the molecule is CC(C)(CCCc1cccc(CCCCC2(C(=O)CCNC(=O)CCNC(=O)C(O)C(C)(C)COP(=O)([O-])OP(=O)([O-])OCC3OC(n4cnc5c(N)ncnc54)C(O)C3OP(=O)([O-])[O-])CC2)c1)C(=O)CCNC(=O)CCNC(=O)C(O)C(C)(C)COP(=O)([O-])OP(=O)([O-])OCC1OC(n2cnc3c(N)ncnc32)C(O)C1OP(=O)([O-])[O-]. The molecule has 654 valence electrons. The Morgan fingerprint density at radius 1 is 0.564 bits per heavy atom. The summed E-state index contributed by atoms with van der Waals surface area (Å²) in [5, 5.41) is 53.3. The van der Waals surface area contributed by atoms with E-state index in [9.17, 15) is 116 Å². The summed E-state index contributed by atoms with van der Waals surface area (Å²) in [4.78, 5) is 198. The Bertz CT molecular complexity index is 4660. The number of nitrogen functional groups attached to an aromatic ring is 2. The third-order valence-electron chi connectivity index (χ3n) is 19.3. The lowest BCUT2D eigenvalue weighted by Gasteiger charge is -2.36. The zero-order valence-electron chi connectivity index (χ0n) is 63.7. The number of carbonyl (C=O) groups excluding carboxylic acids is 6. The lowest BCUT2D eigenvalue weighted by atomic mass is 9.81.